The molecule has 0 aliphatic carbocycles. The van der Waals surface area contributed by atoms with E-state index in [2.05, 4.69) is 44.6 Å². The first kappa shape index (κ1) is 12.5. The molecule has 0 bridgehead atoms. The number of hydrogen-bond donors (Lipinski definition) is 1. The molecule has 0 radical (unpaired) electrons. The molecule has 1 N–H and O–H groups in total. The third-order valence-electron chi connectivity index (χ3n) is 2.63. The number of likely N-dealkylation sites (N-methyl/N-ethyl adjacent to an activating group) is 1. The Balaban J connectivity index is 1.67. The summed E-state index contributed by atoms with van der Waals surface area (Å²) in [6, 6.07) is 2.16. The molecule has 1 atom stereocenters. The molecule has 3 nitrogen and oxygen atoms in total. The van der Waals surface area contributed by atoms with Gasteiger partial charge in [0.1, 0.15) is 0 Å². The van der Waals surface area contributed by atoms with Gasteiger partial charge in [-0.05, 0) is 29.0 Å². The number of thiophene rings is 1. The molecule has 0 unspecified atom stereocenters. The van der Waals surface area contributed by atoms with Crippen LogP contribution in [0, 0.1) is 0 Å². The maximum Gasteiger partial charge on any atom is 0.0826 e. The van der Waals surface area contributed by atoms with Crippen LogP contribution >= 0.6 is 27.3 Å². The van der Waals surface area contributed by atoms with Crippen molar-refractivity contribution < 1.29 is 4.74 Å². The van der Waals surface area contributed by atoms with E-state index in [-0.39, 0.29) is 0 Å². The van der Waals surface area contributed by atoms with E-state index >= 15 is 0 Å². The summed E-state index contributed by atoms with van der Waals surface area (Å²) < 4.78 is 6.85. The third kappa shape index (κ3) is 3.82. The Kier molecular flexibility index (Phi) is 4.79. The van der Waals surface area contributed by atoms with E-state index in [0.29, 0.717) is 6.10 Å². The van der Waals surface area contributed by atoms with Crippen LogP contribution in [0.3, 0.4) is 0 Å². The molecule has 2 rings (SSSR count). The second kappa shape index (κ2) is 6.12. The zero-order valence-corrected chi connectivity index (χ0v) is 11.8. The summed E-state index contributed by atoms with van der Waals surface area (Å²) in [6.45, 7) is 4.79. The highest BCUT2D eigenvalue weighted by Gasteiger charge is 2.16. The van der Waals surface area contributed by atoms with Crippen LogP contribution < -0.4 is 5.32 Å². The fraction of sp³-hybridized carbons (Fsp3) is 0.636. The zero-order chi connectivity index (χ0) is 11.4. The van der Waals surface area contributed by atoms with Gasteiger partial charge in [-0.3, -0.25) is 0 Å². The second-order valence-electron chi connectivity index (χ2n) is 4.12. The number of morpholine rings is 1. The molecule has 0 aromatic carbocycles. The van der Waals surface area contributed by atoms with Crippen LogP contribution in [0.4, 0.5) is 0 Å². The Morgan fingerprint density at radius 1 is 1.69 bits per heavy atom. The van der Waals surface area contributed by atoms with Crippen LogP contribution in [0.1, 0.15) is 4.88 Å². The van der Waals surface area contributed by atoms with Crippen molar-refractivity contribution in [2.45, 2.75) is 12.6 Å². The van der Waals surface area contributed by atoms with Crippen LogP contribution in [0.25, 0.3) is 0 Å². The minimum absolute atomic E-state index is 0.335. The highest BCUT2D eigenvalue weighted by atomic mass is 79.9. The molecule has 1 aliphatic heterocycles. The Bertz CT molecular complexity index is 332. The minimum Gasteiger partial charge on any atom is -0.374 e. The Morgan fingerprint density at radius 2 is 2.56 bits per heavy atom. The molecule has 0 spiro atoms. The molecule has 1 aliphatic rings. The molecule has 16 heavy (non-hydrogen) atoms. The van der Waals surface area contributed by atoms with E-state index in [9.17, 15) is 0 Å². The molecule has 1 aromatic heterocycles. The SMILES string of the molecule is CN1CCO[C@@H](CNCc2cc(Br)cs2)C1. The van der Waals surface area contributed by atoms with Crippen LogP contribution in [0.2, 0.25) is 0 Å². The second-order valence-corrected chi connectivity index (χ2v) is 6.03. The quantitative estimate of drug-likeness (QED) is 0.920. The molecule has 0 amide bonds. The van der Waals surface area contributed by atoms with Gasteiger partial charge in [0.15, 0.2) is 0 Å². The third-order valence-corrected chi connectivity index (χ3v) is 4.33. The van der Waals surface area contributed by atoms with Gasteiger partial charge in [-0.1, -0.05) is 0 Å². The topological polar surface area (TPSA) is 24.5 Å². The number of hydrogen-bond acceptors (Lipinski definition) is 4. The number of halogens is 1. The largest absolute Gasteiger partial charge is 0.374 e. The summed E-state index contributed by atoms with van der Waals surface area (Å²) in [4.78, 5) is 3.67. The van der Waals surface area contributed by atoms with Gasteiger partial charge >= 0.3 is 0 Å². The number of ether oxygens (including phenoxy) is 1. The van der Waals surface area contributed by atoms with Gasteiger partial charge in [0, 0.05) is 40.9 Å². The lowest BCUT2D eigenvalue weighted by molar-refractivity contribution is -0.0181. The lowest BCUT2D eigenvalue weighted by Gasteiger charge is -2.30. The van der Waals surface area contributed by atoms with Crippen molar-refractivity contribution in [3.05, 3.63) is 20.8 Å². The van der Waals surface area contributed by atoms with E-state index in [1.807, 2.05) is 0 Å². The van der Waals surface area contributed by atoms with Crippen LogP contribution in [-0.2, 0) is 11.3 Å². The van der Waals surface area contributed by atoms with Gasteiger partial charge in [0.25, 0.3) is 0 Å². The van der Waals surface area contributed by atoms with Crippen LogP contribution in [-0.4, -0.2) is 44.3 Å². The number of nitrogens with one attached hydrogen (secondary N) is 1. The highest BCUT2D eigenvalue weighted by molar-refractivity contribution is 9.10. The summed E-state index contributed by atoms with van der Waals surface area (Å²) in [5.74, 6) is 0. The lowest BCUT2D eigenvalue weighted by Crippen LogP contribution is -2.44. The van der Waals surface area contributed by atoms with Crippen LogP contribution in [0.15, 0.2) is 15.9 Å². The van der Waals surface area contributed by atoms with Crippen molar-refractivity contribution >= 4 is 27.3 Å². The predicted molar refractivity (Wildman–Crippen MR) is 71.0 cm³/mol. The summed E-state index contributed by atoms with van der Waals surface area (Å²) >= 11 is 5.24. The Hall–Kier alpha value is 0.0600. The van der Waals surface area contributed by atoms with Gasteiger partial charge in [0.05, 0.1) is 12.7 Å². The van der Waals surface area contributed by atoms with Crippen molar-refractivity contribution in [1.29, 1.82) is 0 Å². The maximum absolute atomic E-state index is 5.68. The standard InChI is InChI=1S/C11H17BrN2OS/c1-14-2-3-15-10(7-14)5-13-6-11-4-9(12)8-16-11/h4,8,10,13H,2-3,5-7H2,1H3/t10-/m0/s1. The van der Waals surface area contributed by atoms with Gasteiger partial charge in [-0.2, -0.15) is 0 Å². The Labute approximate surface area is 109 Å². The van der Waals surface area contributed by atoms with Crippen molar-refractivity contribution in [3.8, 4) is 0 Å². The van der Waals surface area contributed by atoms with Crippen molar-refractivity contribution in [1.82, 2.24) is 10.2 Å². The van der Waals surface area contributed by atoms with Crippen molar-refractivity contribution in [2.24, 2.45) is 0 Å². The summed E-state index contributed by atoms with van der Waals surface area (Å²) in [7, 11) is 2.14. The summed E-state index contributed by atoms with van der Waals surface area (Å²) in [5, 5.41) is 5.56. The van der Waals surface area contributed by atoms with Crippen molar-refractivity contribution in [3.63, 3.8) is 0 Å². The first-order valence-electron chi connectivity index (χ1n) is 5.48. The summed E-state index contributed by atoms with van der Waals surface area (Å²) in [6.07, 6.45) is 0.335. The Morgan fingerprint density at radius 3 is 3.25 bits per heavy atom. The van der Waals surface area contributed by atoms with E-state index < -0.39 is 0 Å². The first-order valence-corrected chi connectivity index (χ1v) is 7.15. The molecule has 2 heterocycles. The molecular formula is C11H17BrN2OS. The molecule has 1 aromatic rings. The normalized spacial score (nSPS) is 22.5. The lowest BCUT2D eigenvalue weighted by atomic mass is 10.3. The van der Waals surface area contributed by atoms with Gasteiger partial charge < -0.3 is 15.0 Å². The van der Waals surface area contributed by atoms with Gasteiger partial charge in [-0.15, -0.1) is 11.3 Å². The molecule has 5 heteroatoms. The van der Waals surface area contributed by atoms with Gasteiger partial charge in [-0.25, -0.2) is 0 Å². The summed E-state index contributed by atoms with van der Waals surface area (Å²) in [5.41, 5.74) is 0. The number of nitrogens with zero attached hydrogens (tertiary/aromatic N) is 1. The fourth-order valence-corrected chi connectivity index (χ4v) is 3.21. The monoisotopic (exact) mass is 304 g/mol. The average Bonchev–Trinajstić information content (AvgIpc) is 2.64. The van der Waals surface area contributed by atoms with Gasteiger partial charge in [0.2, 0.25) is 0 Å². The fourth-order valence-electron chi connectivity index (χ4n) is 1.79. The van der Waals surface area contributed by atoms with E-state index in [1.54, 1.807) is 11.3 Å². The van der Waals surface area contributed by atoms with E-state index in [0.717, 1.165) is 32.8 Å². The smallest absolute Gasteiger partial charge is 0.0826 e. The van der Waals surface area contributed by atoms with Crippen LogP contribution in [0.5, 0.6) is 0 Å². The molecular weight excluding hydrogens is 288 g/mol. The van der Waals surface area contributed by atoms with Crippen molar-refractivity contribution in [2.75, 3.05) is 33.3 Å². The van der Waals surface area contributed by atoms with E-state index in [4.69, 9.17) is 4.74 Å². The molecule has 1 fully saturated rings. The predicted octanol–water partition coefficient (Wildman–Crippen LogP) is 1.93. The maximum atomic E-state index is 5.68. The molecule has 90 valence electrons. The first-order chi connectivity index (χ1) is 7.74. The highest BCUT2D eigenvalue weighted by Crippen LogP contribution is 2.19. The molecule has 0 saturated carbocycles. The number of rotatable bonds is 4. The minimum atomic E-state index is 0.335. The average molecular weight is 305 g/mol. The molecule has 1 saturated heterocycles. The zero-order valence-electron chi connectivity index (χ0n) is 9.41. The van der Waals surface area contributed by atoms with E-state index in [1.165, 1.54) is 9.35 Å².